The van der Waals surface area contributed by atoms with E-state index < -0.39 is 5.92 Å². The van der Waals surface area contributed by atoms with Gasteiger partial charge in [-0.2, -0.15) is 5.26 Å². The standard InChI is InChI=1S/C13H23NO/c1-5-7-8-11(6-2)13(15)12(9-14)10(3)4/h10-12H,5-8H2,1-4H3. The van der Waals surface area contributed by atoms with Gasteiger partial charge in [0, 0.05) is 5.92 Å². The third-order valence-electron chi connectivity index (χ3n) is 2.91. The van der Waals surface area contributed by atoms with Gasteiger partial charge < -0.3 is 0 Å². The molecule has 0 amide bonds. The van der Waals surface area contributed by atoms with Crippen LogP contribution < -0.4 is 0 Å². The van der Waals surface area contributed by atoms with Crippen molar-refractivity contribution in [2.24, 2.45) is 17.8 Å². The molecule has 2 nitrogen and oxygen atoms in total. The van der Waals surface area contributed by atoms with Gasteiger partial charge in [-0.25, -0.2) is 0 Å². The summed E-state index contributed by atoms with van der Waals surface area (Å²) in [6.45, 7) is 8.05. The van der Waals surface area contributed by atoms with Gasteiger partial charge in [0.15, 0.2) is 5.78 Å². The fraction of sp³-hybridized carbons (Fsp3) is 0.846. The van der Waals surface area contributed by atoms with Crippen LogP contribution in [0.2, 0.25) is 0 Å². The first-order valence-electron chi connectivity index (χ1n) is 6.01. The molecule has 86 valence electrons. The monoisotopic (exact) mass is 209 g/mol. The minimum Gasteiger partial charge on any atom is -0.298 e. The Kier molecular flexibility index (Phi) is 7.03. The minimum absolute atomic E-state index is 0.0944. The fourth-order valence-corrected chi connectivity index (χ4v) is 1.79. The predicted molar refractivity (Wildman–Crippen MR) is 62.3 cm³/mol. The molecular formula is C13H23NO. The van der Waals surface area contributed by atoms with E-state index in [1.54, 1.807) is 0 Å². The summed E-state index contributed by atoms with van der Waals surface area (Å²) in [5.41, 5.74) is 0. The van der Waals surface area contributed by atoms with Crippen molar-refractivity contribution in [3.63, 3.8) is 0 Å². The molecule has 0 saturated carbocycles. The first-order chi connectivity index (χ1) is 7.08. The Bertz CT molecular complexity index is 227. The van der Waals surface area contributed by atoms with Crippen LogP contribution in [0, 0.1) is 29.1 Å². The van der Waals surface area contributed by atoms with Crippen molar-refractivity contribution in [2.75, 3.05) is 0 Å². The van der Waals surface area contributed by atoms with Crippen molar-refractivity contribution in [1.29, 1.82) is 5.26 Å². The SMILES string of the molecule is CCCCC(CC)C(=O)C(C#N)C(C)C. The third-order valence-corrected chi connectivity index (χ3v) is 2.91. The lowest BCUT2D eigenvalue weighted by atomic mass is 9.82. The van der Waals surface area contributed by atoms with Crippen LogP contribution in [0.3, 0.4) is 0 Å². The molecule has 0 saturated heterocycles. The minimum atomic E-state index is -0.410. The normalized spacial score (nSPS) is 14.7. The lowest BCUT2D eigenvalue weighted by molar-refractivity contribution is -0.126. The molecule has 0 aliphatic rings. The molecule has 2 heteroatoms. The number of hydrogen-bond acceptors (Lipinski definition) is 2. The maximum Gasteiger partial charge on any atom is 0.153 e. The van der Waals surface area contributed by atoms with Gasteiger partial charge >= 0.3 is 0 Å². The molecule has 0 aromatic carbocycles. The van der Waals surface area contributed by atoms with Crippen molar-refractivity contribution in [1.82, 2.24) is 0 Å². The second-order valence-corrected chi connectivity index (χ2v) is 4.50. The zero-order valence-corrected chi connectivity index (χ0v) is 10.4. The molecule has 0 radical (unpaired) electrons. The summed E-state index contributed by atoms with van der Waals surface area (Å²) in [7, 11) is 0. The fourth-order valence-electron chi connectivity index (χ4n) is 1.79. The molecule has 0 aromatic heterocycles. The van der Waals surface area contributed by atoms with Crippen LogP contribution in [0.25, 0.3) is 0 Å². The highest BCUT2D eigenvalue weighted by molar-refractivity contribution is 5.85. The van der Waals surface area contributed by atoms with Gasteiger partial charge in [0.05, 0.1) is 6.07 Å². The Balaban J connectivity index is 4.42. The Hall–Kier alpha value is -0.840. The zero-order valence-electron chi connectivity index (χ0n) is 10.4. The summed E-state index contributed by atoms with van der Waals surface area (Å²) >= 11 is 0. The molecule has 0 aromatic rings. The summed E-state index contributed by atoms with van der Waals surface area (Å²) in [6.07, 6.45) is 4.00. The summed E-state index contributed by atoms with van der Waals surface area (Å²) < 4.78 is 0. The molecule has 0 fully saturated rings. The summed E-state index contributed by atoms with van der Waals surface area (Å²) in [4.78, 5) is 12.0. The predicted octanol–water partition coefficient (Wildman–Crippen LogP) is 3.57. The van der Waals surface area contributed by atoms with Gasteiger partial charge in [-0.05, 0) is 18.8 Å². The molecule has 0 aliphatic carbocycles. The lowest BCUT2D eigenvalue weighted by Gasteiger charge is -2.18. The summed E-state index contributed by atoms with van der Waals surface area (Å²) in [5.74, 6) is -0.0227. The highest BCUT2D eigenvalue weighted by Gasteiger charge is 2.27. The number of carbonyl (C=O) groups is 1. The number of unbranched alkanes of at least 4 members (excludes halogenated alkanes) is 1. The van der Waals surface area contributed by atoms with E-state index in [2.05, 4.69) is 13.0 Å². The van der Waals surface area contributed by atoms with Crippen LogP contribution in [0.4, 0.5) is 0 Å². The highest BCUT2D eigenvalue weighted by Crippen LogP contribution is 2.22. The average Bonchev–Trinajstić information content (AvgIpc) is 2.19. The van der Waals surface area contributed by atoms with Gasteiger partial charge in [0.25, 0.3) is 0 Å². The van der Waals surface area contributed by atoms with Crippen LogP contribution in [-0.2, 0) is 4.79 Å². The smallest absolute Gasteiger partial charge is 0.153 e. The maximum absolute atomic E-state index is 12.0. The topological polar surface area (TPSA) is 40.9 Å². The average molecular weight is 209 g/mol. The van der Waals surface area contributed by atoms with Crippen molar-refractivity contribution < 1.29 is 4.79 Å². The quantitative estimate of drug-likeness (QED) is 0.643. The molecular weight excluding hydrogens is 186 g/mol. The zero-order chi connectivity index (χ0) is 11.8. The second-order valence-electron chi connectivity index (χ2n) is 4.50. The molecule has 2 unspecified atom stereocenters. The summed E-state index contributed by atoms with van der Waals surface area (Å²) in [6, 6.07) is 2.14. The number of rotatable bonds is 7. The largest absolute Gasteiger partial charge is 0.298 e. The molecule has 0 spiro atoms. The van der Waals surface area contributed by atoms with Gasteiger partial charge in [0.2, 0.25) is 0 Å². The lowest BCUT2D eigenvalue weighted by Crippen LogP contribution is -2.26. The third kappa shape index (κ3) is 4.46. The number of hydrogen-bond donors (Lipinski definition) is 0. The molecule has 0 heterocycles. The van der Waals surface area contributed by atoms with Gasteiger partial charge in [-0.3, -0.25) is 4.79 Å². The van der Waals surface area contributed by atoms with Crippen molar-refractivity contribution in [3.8, 4) is 6.07 Å². The molecule has 0 N–H and O–H groups in total. The Morgan fingerprint density at radius 3 is 2.27 bits per heavy atom. The van der Waals surface area contributed by atoms with E-state index in [4.69, 9.17) is 5.26 Å². The number of nitriles is 1. The van der Waals surface area contributed by atoms with Crippen LogP contribution in [0.5, 0.6) is 0 Å². The molecule has 0 bridgehead atoms. The Morgan fingerprint density at radius 1 is 1.33 bits per heavy atom. The van der Waals surface area contributed by atoms with Gasteiger partial charge in [-0.1, -0.05) is 40.5 Å². The summed E-state index contributed by atoms with van der Waals surface area (Å²) in [5, 5.41) is 8.97. The first kappa shape index (κ1) is 14.2. The van der Waals surface area contributed by atoms with E-state index in [9.17, 15) is 4.79 Å². The second kappa shape index (κ2) is 7.45. The highest BCUT2D eigenvalue weighted by atomic mass is 16.1. The van der Waals surface area contributed by atoms with E-state index in [1.165, 1.54) is 0 Å². The van der Waals surface area contributed by atoms with E-state index in [0.717, 1.165) is 25.7 Å². The number of Topliss-reactive ketones (excluding diaryl/α,β-unsaturated/α-hetero) is 1. The van der Waals surface area contributed by atoms with Crippen molar-refractivity contribution in [3.05, 3.63) is 0 Å². The van der Waals surface area contributed by atoms with E-state index in [1.807, 2.05) is 20.8 Å². The Morgan fingerprint density at radius 2 is 1.93 bits per heavy atom. The van der Waals surface area contributed by atoms with Crippen molar-refractivity contribution in [2.45, 2.75) is 53.4 Å². The van der Waals surface area contributed by atoms with Gasteiger partial charge in [-0.15, -0.1) is 0 Å². The molecule has 2 atom stereocenters. The van der Waals surface area contributed by atoms with E-state index in [0.29, 0.717) is 0 Å². The first-order valence-corrected chi connectivity index (χ1v) is 6.01. The maximum atomic E-state index is 12.0. The molecule has 0 rings (SSSR count). The van der Waals surface area contributed by atoms with Crippen LogP contribution in [0.15, 0.2) is 0 Å². The van der Waals surface area contributed by atoms with Gasteiger partial charge in [0.1, 0.15) is 5.92 Å². The Labute approximate surface area is 93.7 Å². The van der Waals surface area contributed by atoms with E-state index >= 15 is 0 Å². The van der Waals surface area contributed by atoms with E-state index in [-0.39, 0.29) is 17.6 Å². The number of carbonyl (C=O) groups excluding carboxylic acids is 1. The van der Waals surface area contributed by atoms with Crippen LogP contribution in [-0.4, -0.2) is 5.78 Å². The number of ketones is 1. The van der Waals surface area contributed by atoms with Crippen LogP contribution >= 0.6 is 0 Å². The molecule has 15 heavy (non-hydrogen) atoms. The van der Waals surface area contributed by atoms with Crippen molar-refractivity contribution >= 4 is 5.78 Å². The van der Waals surface area contributed by atoms with Crippen LogP contribution in [0.1, 0.15) is 53.4 Å². The number of nitrogens with zero attached hydrogens (tertiary/aromatic N) is 1. The molecule has 0 aliphatic heterocycles.